The number of ether oxygens (including phenoxy) is 2. The van der Waals surface area contributed by atoms with Crippen LogP contribution in [-0.2, 0) is 14.3 Å². The lowest BCUT2D eigenvalue weighted by Crippen LogP contribution is -2.63. The summed E-state index contributed by atoms with van der Waals surface area (Å²) in [6, 6.07) is 0. The molecule has 0 aromatic carbocycles. The highest BCUT2D eigenvalue weighted by Gasteiger charge is 2.56. The number of methoxy groups -OCH3 is 1. The highest BCUT2D eigenvalue weighted by Crippen LogP contribution is 2.50. The molecule has 1 saturated heterocycles. The largest absolute Gasteiger partial charge is 0.392 e. The molecular weight excluding hydrogens is 272 g/mol. The fraction of sp³-hybridized carbons (Fsp3) is 0.933. The molecule has 2 atom stereocenters. The molecule has 2 rings (SSSR count). The molecule has 2 aliphatic rings. The molecule has 122 valence electrons. The van der Waals surface area contributed by atoms with Gasteiger partial charge in [0.15, 0.2) is 0 Å². The third kappa shape index (κ3) is 3.56. The van der Waals surface area contributed by atoms with Crippen molar-refractivity contribution in [1.29, 1.82) is 0 Å². The summed E-state index contributed by atoms with van der Waals surface area (Å²) in [4.78, 5) is 14.0. The highest BCUT2D eigenvalue weighted by atomic mass is 16.5. The molecule has 21 heavy (non-hydrogen) atoms. The van der Waals surface area contributed by atoms with E-state index in [9.17, 15) is 9.90 Å². The maximum absolute atomic E-state index is 12.1. The summed E-state index contributed by atoms with van der Waals surface area (Å²) in [6.45, 7) is 5.75. The third-order valence-corrected chi connectivity index (χ3v) is 4.92. The van der Waals surface area contributed by atoms with Crippen molar-refractivity contribution in [3.63, 3.8) is 0 Å². The Morgan fingerprint density at radius 3 is 2.71 bits per heavy atom. The van der Waals surface area contributed by atoms with E-state index >= 15 is 0 Å². The van der Waals surface area contributed by atoms with Gasteiger partial charge < -0.3 is 24.8 Å². The lowest BCUT2D eigenvalue weighted by Gasteiger charge is -2.56. The number of hydrogen-bond donors (Lipinski definition) is 2. The standard InChI is InChI=1S/C15H28N2O4/c1-3-21-13-10-12(18)15(13)4-7-17(8-5-15)14(19)11-16-6-9-20-2/h12-13,16,18H,3-11H2,1-2H3. The van der Waals surface area contributed by atoms with E-state index in [0.29, 0.717) is 39.4 Å². The number of nitrogens with one attached hydrogen (secondary N) is 1. The minimum absolute atomic E-state index is 0.115. The van der Waals surface area contributed by atoms with Crippen LogP contribution in [0.5, 0.6) is 0 Å². The van der Waals surface area contributed by atoms with Crippen LogP contribution in [0.3, 0.4) is 0 Å². The van der Waals surface area contributed by atoms with Gasteiger partial charge in [-0.3, -0.25) is 4.79 Å². The van der Waals surface area contributed by atoms with Crippen molar-refractivity contribution in [2.24, 2.45) is 5.41 Å². The Hall–Kier alpha value is -0.690. The summed E-state index contributed by atoms with van der Waals surface area (Å²) in [5.41, 5.74) is -0.115. The van der Waals surface area contributed by atoms with E-state index in [1.54, 1.807) is 7.11 Å². The van der Waals surface area contributed by atoms with E-state index in [4.69, 9.17) is 9.47 Å². The lowest BCUT2D eigenvalue weighted by molar-refractivity contribution is -0.209. The second-order valence-corrected chi connectivity index (χ2v) is 5.98. The van der Waals surface area contributed by atoms with Gasteiger partial charge in [-0.15, -0.1) is 0 Å². The van der Waals surface area contributed by atoms with Crippen LogP contribution < -0.4 is 5.32 Å². The summed E-state index contributed by atoms with van der Waals surface area (Å²) >= 11 is 0. The monoisotopic (exact) mass is 300 g/mol. The number of likely N-dealkylation sites (tertiary alicyclic amines) is 1. The fourth-order valence-electron chi connectivity index (χ4n) is 3.47. The Morgan fingerprint density at radius 2 is 2.14 bits per heavy atom. The minimum Gasteiger partial charge on any atom is -0.392 e. The van der Waals surface area contributed by atoms with Crippen molar-refractivity contribution < 1.29 is 19.4 Å². The number of amides is 1. The van der Waals surface area contributed by atoms with Crippen molar-refractivity contribution in [2.45, 2.75) is 38.4 Å². The number of aliphatic hydroxyl groups is 1. The number of piperidine rings is 1. The van der Waals surface area contributed by atoms with Gasteiger partial charge in [-0.1, -0.05) is 0 Å². The van der Waals surface area contributed by atoms with Gasteiger partial charge in [0.25, 0.3) is 0 Å². The zero-order valence-electron chi connectivity index (χ0n) is 13.1. The first kappa shape index (κ1) is 16.7. The second kappa shape index (κ2) is 7.54. The summed E-state index contributed by atoms with van der Waals surface area (Å²) in [7, 11) is 1.65. The number of carbonyl (C=O) groups excluding carboxylic acids is 1. The van der Waals surface area contributed by atoms with Gasteiger partial charge in [-0.25, -0.2) is 0 Å². The molecule has 0 bridgehead atoms. The maximum Gasteiger partial charge on any atom is 0.236 e. The van der Waals surface area contributed by atoms with Crippen LogP contribution in [0.1, 0.15) is 26.2 Å². The van der Waals surface area contributed by atoms with E-state index in [1.165, 1.54) is 0 Å². The Bertz CT molecular complexity index is 341. The number of nitrogens with zero attached hydrogens (tertiary/aromatic N) is 1. The van der Waals surface area contributed by atoms with Gasteiger partial charge >= 0.3 is 0 Å². The molecule has 1 amide bonds. The summed E-state index contributed by atoms with van der Waals surface area (Å²) in [5, 5.41) is 13.2. The molecule has 1 aliphatic carbocycles. The third-order valence-electron chi connectivity index (χ3n) is 4.92. The topological polar surface area (TPSA) is 71.0 Å². The molecule has 0 aromatic rings. The van der Waals surface area contributed by atoms with Crippen molar-refractivity contribution in [2.75, 3.05) is 46.5 Å². The van der Waals surface area contributed by atoms with Crippen LogP contribution in [0, 0.1) is 5.41 Å². The average Bonchev–Trinajstić information content (AvgIpc) is 2.51. The Morgan fingerprint density at radius 1 is 1.43 bits per heavy atom. The Labute approximate surface area is 126 Å². The average molecular weight is 300 g/mol. The van der Waals surface area contributed by atoms with Gasteiger partial charge in [0, 0.05) is 45.2 Å². The molecule has 0 aromatic heterocycles. The number of rotatable bonds is 7. The van der Waals surface area contributed by atoms with Gasteiger partial charge in [0.05, 0.1) is 25.4 Å². The summed E-state index contributed by atoms with van der Waals surface area (Å²) < 4.78 is 10.7. The van der Waals surface area contributed by atoms with Gasteiger partial charge in [0.1, 0.15) is 0 Å². The van der Waals surface area contributed by atoms with Crippen LogP contribution in [0.4, 0.5) is 0 Å². The van der Waals surface area contributed by atoms with Gasteiger partial charge in [-0.2, -0.15) is 0 Å². The number of aliphatic hydroxyl groups excluding tert-OH is 1. The zero-order chi connectivity index (χ0) is 15.3. The molecule has 1 spiro atoms. The predicted molar refractivity (Wildman–Crippen MR) is 79.0 cm³/mol. The molecule has 1 aliphatic heterocycles. The highest BCUT2D eigenvalue weighted by molar-refractivity contribution is 5.78. The predicted octanol–water partition coefficient (Wildman–Crippen LogP) is 0.000900. The van der Waals surface area contributed by atoms with Crippen molar-refractivity contribution in [1.82, 2.24) is 10.2 Å². The lowest BCUT2D eigenvalue weighted by atomic mass is 9.58. The first-order chi connectivity index (χ1) is 10.1. The Balaban J connectivity index is 1.76. The normalized spacial score (nSPS) is 27.7. The molecule has 1 heterocycles. The molecule has 6 nitrogen and oxygen atoms in total. The van der Waals surface area contributed by atoms with Gasteiger partial charge in [0.2, 0.25) is 5.91 Å². The first-order valence-electron chi connectivity index (χ1n) is 7.91. The SMILES string of the molecule is CCOC1CC(O)C12CCN(C(=O)CNCCOC)CC2. The molecule has 6 heteroatoms. The van der Waals surface area contributed by atoms with Crippen LogP contribution >= 0.6 is 0 Å². The first-order valence-corrected chi connectivity index (χ1v) is 7.91. The molecule has 2 unspecified atom stereocenters. The smallest absolute Gasteiger partial charge is 0.236 e. The van der Waals surface area contributed by atoms with Crippen molar-refractivity contribution >= 4 is 5.91 Å². The Kier molecular flexibility index (Phi) is 5.98. The van der Waals surface area contributed by atoms with Crippen LogP contribution in [-0.4, -0.2) is 74.6 Å². The number of carbonyl (C=O) groups is 1. The van der Waals surface area contributed by atoms with E-state index in [2.05, 4.69) is 5.32 Å². The second-order valence-electron chi connectivity index (χ2n) is 5.98. The van der Waals surface area contributed by atoms with Crippen molar-refractivity contribution in [3.8, 4) is 0 Å². The molecule has 0 radical (unpaired) electrons. The molecule has 2 fully saturated rings. The number of hydrogen-bond acceptors (Lipinski definition) is 5. The van der Waals surface area contributed by atoms with Gasteiger partial charge in [-0.05, 0) is 19.8 Å². The van der Waals surface area contributed by atoms with E-state index in [1.807, 2.05) is 11.8 Å². The quantitative estimate of drug-likeness (QED) is 0.648. The van der Waals surface area contributed by atoms with Crippen LogP contribution in [0.2, 0.25) is 0 Å². The summed E-state index contributed by atoms with van der Waals surface area (Å²) in [5.74, 6) is 0.128. The minimum atomic E-state index is -0.272. The van der Waals surface area contributed by atoms with Crippen LogP contribution in [0.25, 0.3) is 0 Å². The van der Waals surface area contributed by atoms with Crippen molar-refractivity contribution in [3.05, 3.63) is 0 Å². The molecular formula is C15H28N2O4. The van der Waals surface area contributed by atoms with E-state index < -0.39 is 0 Å². The molecule has 2 N–H and O–H groups in total. The van der Waals surface area contributed by atoms with E-state index in [0.717, 1.165) is 19.3 Å². The zero-order valence-corrected chi connectivity index (χ0v) is 13.1. The maximum atomic E-state index is 12.1. The van der Waals surface area contributed by atoms with E-state index in [-0.39, 0.29) is 23.5 Å². The molecule has 1 saturated carbocycles. The summed E-state index contributed by atoms with van der Waals surface area (Å²) in [6.07, 6.45) is 2.30. The fourth-order valence-corrected chi connectivity index (χ4v) is 3.47. The van der Waals surface area contributed by atoms with Crippen LogP contribution in [0.15, 0.2) is 0 Å².